The monoisotopic (exact) mass is 471 g/mol. The lowest BCUT2D eigenvalue weighted by atomic mass is 10.1. The summed E-state index contributed by atoms with van der Waals surface area (Å²) in [5.74, 6) is 0.982. The molecule has 0 spiro atoms. The highest BCUT2D eigenvalue weighted by Gasteiger charge is 2.27. The number of nitrogens with zero attached hydrogens (tertiary/aromatic N) is 3. The van der Waals surface area contributed by atoms with E-state index in [4.69, 9.17) is 20.5 Å². The number of sulfonamides is 1. The van der Waals surface area contributed by atoms with Gasteiger partial charge in [0.15, 0.2) is 5.76 Å². The van der Waals surface area contributed by atoms with Gasteiger partial charge in [0.2, 0.25) is 15.8 Å². The predicted octanol–water partition coefficient (Wildman–Crippen LogP) is 5.68. The molecule has 0 atom stereocenters. The van der Waals surface area contributed by atoms with E-state index in [2.05, 4.69) is 10.1 Å². The molecule has 1 fully saturated rings. The molecule has 3 heterocycles. The van der Waals surface area contributed by atoms with Gasteiger partial charge in [-0.25, -0.2) is 8.42 Å². The lowest BCUT2D eigenvalue weighted by molar-refractivity contribution is 0.419. The molecule has 32 heavy (non-hydrogen) atoms. The molecule has 166 valence electrons. The average molecular weight is 472 g/mol. The van der Waals surface area contributed by atoms with Crippen LogP contribution in [0.1, 0.15) is 31.2 Å². The second-order valence-electron chi connectivity index (χ2n) is 7.94. The molecule has 5 rings (SSSR count). The summed E-state index contributed by atoms with van der Waals surface area (Å²) in [5, 5.41) is 5.25. The molecule has 0 radical (unpaired) electrons. The van der Waals surface area contributed by atoms with Crippen LogP contribution in [0.3, 0.4) is 0 Å². The Morgan fingerprint density at radius 3 is 2.53 bits per heavy atom. The lowest BCUT2D eigenvalue weighted by Crippen LogP contribution is -2.31. The molecule has 0 unspecified atom stereocenters. The summed E-state index contributed by atoms with van der Waals surface area (Å²) >= 11 is 6.24. The maximum absolute atomic E-state index is 13.2. The summed E-state index contributed by atoms with van der Waals surface area (Å²) in [5.41, 5.74) is 1.95. The first-order valence-corrected chi connectivity index (χ1v) is 12.4. The maximum Gasteiger partial charge on any atom is 0.294 e. The molecular formula is C23H22ClN3O4S. The van der Waals surface area contributed by atoms with E-state index in [0.29, 0.717) is 46.2 Å². The van der Waals surface area contributed by atoms with E-state index in [-0.39, 0.29) is 10.8 Å². The van der Waals surface area contributed by atoms with Gasteiger partial charge in [0.25, 0.3) is 5.89 Å². The molecule has 0 aliphatic carbocycles. The van der Waals surface area contributed by atoms with Gasteiger partial charge in [0, 0.05) is 29.6 Å². The third-order valence-corrected chi connectivity index (χ3v) is 8.07. The molecule has 2 aromatic heterocycles. The Balaban J connectivity index is 1.52. The molecule has 9 heteroatoms. The smallest absolute Gasteiger partial charge is 0.294 e. The van der Waals surface area contributed by atoms with Crippen molar-refractivity contribution in [3.63, 3.8) is 0 Å². The van der Waals surface area contributed by atoms with Crippen molar-refractivity contribution < 1.29 is 17.4 Å². The van der Waals surface area contributed by atoms with Gasteiger partial charge in [-0.3, -0.25) is 0 Å². The van der Waals surface area contributed by atoms with Crippen molar-refractivity contribution in [1.82, 2.24) is 14.4 Å². The van der Waals surface area contributed by atoms with Gasteiger partial charge in [-0.05, 0) is 50.1 Å². The second kappa shape index (κ2) is 8.35. The first kappa shape index (κ1) is 21.2. The fraction of sp³-hybridized carbons (Fsp3) is 0.304. The van der Waals surface area contributed by atoms with Gasteiger partial charge in [-0.15, -0.1) is 0 Å². The minimum Gasteiger partial charge on any atom is -0.451 e. The van der Waals surface area contributed by atoms with Gasteiger partial charge in [-0.2, -0.15) is 9.29 Å². The molecule has 0 N–H and O–H groups in total. The van der Waals surface area contributed by atoms with E-state index >= 15 is 0 Å². The summed E-state index contributed by atoms with van der Waals surface area (Å²) in [6.45, 7) is 2.97. The first-order chi connectivity index (χ1) is 15.4. The highest BCUT2D eigenvalue weighted by Crippen LogP contribution is 2.35. The zero-order valence-corrected chi connectivity index (χ0v) is 19.1. The summed E-state index contributed by atoms with van der Waals surface area (Å²) in [7, 11) is -3.56. The van der Waals surface area contributed by atoms with Crippen LogP contribution < -0.4 is 0 Å². The van der Waals surface area contributed by atoms with E-state index in [1.54, 1.807) is 28.6 Å². The summed E-state index contributed by atoms with van der Waals surface area (Å²) in [4.78, 5) is 4.71. The van der Waals surface area contributed by atoms with Crippen molar-refractivity contribution in [2.24, 2.45) is 0 Å². The maximum atomic E-state index is 13.2. The number of benzene rings is 2. The molecule has 1 aliphatic heterocycles. The molecular weight excluding hydrogens is 450 g/mol. The number of fused-ring (bicyclic) bond motifs is 1. The number of hydrogen-bond donors (Lipinski definition) is 0. The Kier molecular flexibility index (Phi) is 5.53. The number of aryl methyl sites for hydroxylation is 1. The van der Waals surface area contributed by atoms with Crippen LogP contribution in [0.25, 0.3) is 34.0 Å². The standard InChI is InChI=1S/C23H22ClN3O4S/c1-15-18-14-16(32(28,29)27-12-6-2-3-7-13-27)10-11-20(18)30-21(15)23-25-22(26-31-23)17-8-4-5-9-19(17)24/h4-5,8-11,14H,2-3,6-7,12-13H2,1H3. The Bertz CT molecular complexity index is 1390. The Hall–Kier alpha value is -2.68. The number of halogens is 1. The van der Waals surface area contributed by atoms with Crippen LogP contribution in [0, 0.1) is 6.92 Å². The third kappa shape index (κ3) is 3.72. The van der Waals surface area contributed by atoms with Crippen LogP contribution in [-0.4, -0.2) is 36.0 Å². The van der Waals surface area contributed by atoms with Crippen molar-refractivity contribution in [1.29, 1.82) is 0 Å². The third-order valence-electron chi connectivity index (χ3n) is 5.85. The van der Waals surface area contributed by atoms with E-state index in [1.165, 1.54) is 0 Å². The quantitative estimate of drug-likeness (QED) is 0.380. The van der Waals surface area contributed by atoms with Crippen LogP contribution in [0.2, 0.25) is 5.02 Å². The van der Waals surface area contributed by atoms with Crippen molar-refractivity contribution in [2.45, 2.75) is 37.5 Å². The summed E-state index contributed by atoms with van der Waals surface area (Å²) in [6.07, 6.45) is 3.91. The van der Waals surface area contributed by atoms with Gasteiger partial charge < -0.3 is 8.94 Å². The summed E-state index contributed by atoms with van der Waals surface area (Å²) in [6, 6.07) is 12.2. The zero-order valence-electron chi connectivity index (χ0n) is 17.5. The largest absolute Gasteiger partial charge is 0.451 e. The van der Waals surface area contributed by atoms with Gasteiger partial charge in [0.1, 0.15) is 5.58 Å². The van der Waals surface area contributed by atoms with Gasteiger partial charge >= 0.3 is 0 Å². The minimum atomic E-state index is -3.56. The molecule has 0 bridgehead atoms. The number of furan rings is 1. The molecule has 4 aromatic rings. The fourth-order valence-electron chi connectivity index (χ4n) is 4.06. The Morgan fingerprint density at radius 1 is 1.03 bits per heavy atom. The molecule has 1 aliphatic rings. The van der Waals surface area contributed by atoms with Crippen LogP contribution in [0.5, 0.6) is 0 Å². The SMILES string of the molecule is Cc1c(-c2nc(-c3ccccc3Cl)no2)oc2ccc(S(=O)(=O)N3CCCCCC3)cc12. The highest BCUT2D eigenvalue weighted by atomic mass is 35.5. The van der Waals surface area contributed by atoms with Crippen molar-refractivity contribution in [2.75, 3.05) is 13.1 Å². The zero-order chi connectivity index (χ0) is 22.3. The predicted molar refractivity (Wildman–Crippen MR) is 122 cm³/mol. The average Bonchev–Trinajstić information content (AvgIpc) is 3.28. The number of aromatic nitrogens is 2. The van der Waals surface area contributed by atoms with Gasteiger partial charge in [0.05, 0.1) is 9.92 Å². The Morgan fingerprint density at radius 2 is 1.78 bits per heavy atom. The van der Waals surface area contributed by atoms with Crippen molar-refractivity contribution in [3.05, 3.63) is 53.1 Å². The number of rotatable bonds is 4. The van der Waals surface area contributed by atoms with Crippen LogP contribution in [0.4, 0.5) is 0 Å². The Labute approximate surface area is 191 Å². The topological polar surface area (TPSA) is 89.4 Å². The van der Waals surface area contributed by atoms with E-state index in [9.17, 15) is 8.42 Å². The van der Waals surface area contributed by atoms with Crippen LogP contribution in [-0.2, 0) is 10.0 Å². The lowest BCUT2D eigenvalue weighted by Gasteiger charge is -2.19. The molecule has 0 saturated carbocycles. The number of hydrogen-bond acceptors (Lipinski definition) is 6. The normalized spacial score (nSPS) is 15.8. The first-order valence-electron chi connectivity index (χ1n) is 10.6. The highest BCUT2D eigenvalue weighted by molar-refractivity contribution is 7.89. The van der Waals surface area contributed by atoms with Crippen molar-refractivity contribution in [3.8, 4) is 23.0 Å². The molecule has 2 aromatic carbocycles. The van der Waals surface area contributed by atoms with Crippen molar-refractivity contribution >= 4 is 32.6 Å². The molecule has 0 amide bonds. The fourth-order valence-corrected chi connectivity index (χ4v) is 5.83. The molecule has 7 nitrogen and oxygen atoms in total. The van der Waals surface area contributed by atoms with E-state index < -0.39 is 10.0 Å². The second-order valence-corrected chi connectivity index (χ2v) is 10.3. The van der Waals surface area contributed by atoms with Crippen LogP contribution in [0.15, 0.2) is 56.3 Å². The molecule has 1 saturated heterocycles. The summed E-state index contributed by atoms with van der Waals surface area (Å²) < 4.78 is 39.4. The van der Waals surface area contributed by atoms with E-state index in [1.807, 2.05) is 25.1 Å². The van der Waals surface area contributed by atoms with E-state index in [0.717, 1.165) is 31.2 Å². The van der Waals surface area contributed by atoms with Gasteiger partial charge in [-0.1, -0.05) is 41.7 Å². The minimum absolute atomic E-state index is 0.213. The van der Waals surface area contributed by atoms with Crippen LogP contribution >= 0.6 is 11.6 Å².